The molecule has 0 saturated carbocycles. The highest BCUT2D eigenvalue weighted by Crippen LogP contribution is 2.24. The zero-order chi connectivity index (χ0) is 15.0. The van der Waals surface area contributed by atoms with Gasteiger partial charge in [0.1, 0.15) is 5.69 Å². The van der Waals surface area contributed by atoms with Gasteiger partial charge in [0, 0.05) is 24.8 Å². The van der Waals surface area contributed by atoms with E-state index < -0.39 is 0 Å². The number of ketones is 1. The Balaban J connectivity index is 2.15. The summed E-state index contributed by atoms with van der Waals surface area (Å²) < 4.78 is 6.85. The molecule has 21 heavy (non-hydrogen) atoms. The number of Topliss-reactive ketones (excluding diaryl/α,β-unsaturated/α-hetero) is 1. The maximum Gasteiger partial charge on any atom is 0.272 e. The standard InChI is InChI=1S/C15H17N3O3/c1-10-13(11(2)19)12-4-3-5-16-18(12)14(10)15(20)17-6-8-21-9-7-17/h3-5H,6-9H2,1-2H3. The number of carbonyl (C=O) groups excluding carboxylic acids is 2. The Hall–Kier alpha value is -2.21. The molecule has 0 atom stereocenters. The summed E-state index contributed by atoms with van der Waals surface area (Å²) in [4.78, 5) is 26.4. The van der Waals surface area contributed by atoms with Crippen molar-refractivity contribution in [2.45, 2.75) is 13.8 Å². The van der Waals surface area contributed by atoms with E-state index in [-0.39, 0.29) is 11.7 Å². The molecule has 1 fully saturated rings. The van der Waals surface area contributed by atoms with Gasteiger partial charge in [0.05, 0.1) is 18.7 Å². The third kappa shape index (κ3) is 2.21. The van der Waals surface area contributed by atoms with Gasteiger partial charge in [-0.1, -0.05) is 0 Å². The van der Waals surface area contributed by atoms with Crippen molar-refractivity contribution in [3.8, 4) is 0 Å². The molecule has 0 N–H and O–H groups in total. The van der Waals surface area contributed by atoms with Crippen LogP contribution in [0, 0.1) is 6.92 Å². The van der Waals surface area contributed by atoms with Crippen molar-refractivity contribution >= 4 is 17.2 Å². The molecule has 2 aromatic heterocycles. The van der Waals surface area contributed by atoms with Gasteiger partial charge in [-0.05, 0) is 31.5 Å². The SMILES string of the molecule is CC(=O)c1c(C)c(C(=O)N2CCOCC2)n2ncccc12. The van der Waals surface area contributed by atoms with Gasteiger partial charge in [0.2, 0.25) is 0 Å². The molecular formula is C15H17N3O3. The van der Waals surface area contributed by atoms with E-state index in [1.165, 1.54) is 6.92 Å². The number of hydrogen-bond donors (Lipinski definition) is 0. The Morgan fingerprint density at radius 1 is 1.29 bits per heavy atom. The summed E-state index contributed by atoms with van der Waals surface area (Å²) in [6, 6.07) is 3.58. The molecule has 0 spiro atoms. The fraction of sp³-hybridized carbons (Fsp3) is 0.400. The van der Waals surface area contributed by atoms with Crippen LogP contribution in [0.2, 0.25) is 0 Å². The largest absolute Gasteiger partial charge is 0.378 e. The van der Waals surface area contributed by atoms with Gasteiger partial charge in [-0.3, -0.25) is 9.59 Å². The maximum absolute atomic E-state index is 12.8. The highest BCUT2D eigenvalue weighted by molar-refractivity contribution is 6.07. The van der Waals surface area contributed by atoms with E-state index in [2.05, 4.69) is 5.10 Å². The van der Waals surface area contributed by atoms with Crippen LogP contribution < -0.4 is 0 Å². The van der Waals surface area contributed by atoms with Gasteiger partial charge in [0.15, 0.2) is 5.78 Å². The summed E-state index contributed by atoms with van der Waals surface area (Å²) in [6.07, 6.45) is 1.62. The van der Waals surface area contributed by atoms with Crippen molar-refractivity contribution in [3.05, 3.63) is 35.2 Å². The second kappa shape index (κ2) is 5.29. The first-order valence-electron chi connectivity index (χ1n) is 6.95. The molecule has 6 nitrogen and oxygen atoms in total. The summed E-state index contributed by atoms with van der Waals surface area (Å²) in [5.41, 5.74) is 2.41. The monoisotopic (exact) mass is 287 g/mol. The molecule has 0 aromatic carbocycles. The Morgan fingerprint density at radius 2 is 2.00 bits per heavy atom. The Morgan fingerprint density at radius 3 is 2.67 bits per heavy atom. The summed E-state index contributed by atoms with van der Waals surface area (Å²) in [7, 11) is 0. The van der Waals surface area contributed by atoms with Crippen molar-refractivity contribution in [1.82, 2.24) is 14.5 Å². The average molecular weight is 287 g/mol. The number of nitrogens with zero attached hydrogens (tertiary/aromatic N) is 3. The second-order valence-electron chi connectivity index (χ2n) is 5.13. The molecule has 0 radical (unpaired) electrons. The zero-order valence-corrected chi connectivity index (χ0v) is 12.1. The molecule has 1 aliphatic heterocycles. The van der Waals surface area contributed by atoms with Crippen LogP contribution in [0.3, 0.4) is 0 Å². The minimum absolute atomic E-state index is 0.0565. The van der Waals surface area contributed by atoms with E-state index in [4.69, 9.17) is 4.74 Å². The number of rotatable bonds is 2. The molecule has 6 heteroatoms. The number of fused-ring (bicyclic) bond motifs is 1. The highest BCUT2D eigenvalue weighted by atomic mass is 16.5. The Labute approximate surface area is 122 Å². The van der Waals surface area contributed by atoms with E-state index in [1.54, 1.807) is 28.6 Å². The molecule has 1 saturated heterocycles. The van der Waals surface area contributed by atoms with Gasteiger partial charge >= 0.3 is 0 Å². The molecule has 1 aliphatic rings. The van der Waals surface area contributed by atoms with Crippen LogP contribution in [0.4, 0.5) is 0 Å². The van der Waals surface area contributed by atoms with Crippen LogP contribution in [0.25, 0.3) is 5.52 Å². The zero-order valence-electron chi connectivity index (χ0n) is 12.1. The third-order valence-corrected chi connectivity index (χ3v) is 3.80. The highest BCUT2D eigenvalue weighted by Gasteiger charge is 2.27. The lowest BCUT2D eigenvalue weighted by molar-refractivity contribution is 0.0297. The normalized spacial score (nSPS) is 15.4. The summed E-state index contributed by atoms with van der Waals surface area (Å²) in [5, 5.41) is 4.25. The van der Waals surface area contributed by atoms with Crippen molar-refractivity contribution in [3.63, 3.8) is 0 Å². The van der Waals surface area contributed by atoms with E-state index in [0.717, 1.165) is 0 Å². The minimum atomic E-state index is -0.1000. The number of carbonyl (C=O) groups is 2. The third-order valence-electron chi connectivity index (χ3n) is 3.80. The van der Waals surface area contributed by atoms with Crippen LogP contribution in [-0.4, -0.2) is 52.5 Å². The number of amides is 1. The fourth-order valence-corrected chi connectivity index (χ4v) is 2.82. The maximum atomic E-state index is 12.8. The number of ether oxygens (including phenoxy) is 1. The predicted octanol–water partition coefficient (Wildman–Crippen LogP) is 1.32. The number of morpholine rings is 1. The Bertz CT molecular complexity index is 714. The molecule has 0 aliphatic carbocycles. The summed E-state index contributed by atoms with van der Waals surface area (Å²) >= 11 is 0. The topological polar surface area (TPSA) is 63.9 Å². The quantitative estimate of drug-likeness (QED) is 0.781. The van der Waals surface area contributed by atoms with Crippen LogP contribution in [0.15, 0.2) is 18.3 Å². The van der Waals surface area contributed by atoms with Gasteiger partial charge < -0.3 is 9.64 Å². The minimum Gasteiger partial charge on any atom is -0.378 e. The summed E-state index contributed by atoms with van der Waals surface area (Å²) in [5.74, 6) is -0.156. The van der Waals surface area contributed by atoms with Gasteiger partial charge in [-0.15, -0.1) is 0 Å². The molecular weight excluding hydrogens is 270 g/mol. The molecule has 1 amide bonds. The van der Waals surface area contributed by atoms with Crippen molar-refractivity contribution in [1.29, 1.82) is 0 Å². The van der Waals surface area contributed by atoms with Gasteiger partial charge in [0.25, 0.3) is 5.91 Å². The van der Waals surface area contributed by atoms with Crippen molar-refractivity contribution in [2.75, 3.05) is 26.3 Å². The first-order chi connectivity index (χ1) is 10.1. The number of aromatic nitrogens is 2. The van der Waals surface area contributed by atoms with Gasteiger partial charge in [-0.25, -0.2) is 4.52 Å². The van der Waals surface area contributed by atoms with E-state index >= 15 is 0 Å². The molecule has 110 valence electrons. The van der Waals surface area contributed by atoms with Crippen LogP contribution >= 0.6 is 0 Å². The first-order valence-corrected chi connectivity index (χ1v) is 6.95. The second-order valence-corrected chi connectivity index (χ2v) is 5.13. The average Bonchev–Trinajstić information content (AvgIpc) is 2.79. The molecule has 0 bridgehead atoms. The Kier molecular flexibility index (Phi) is 3.47. The summed E-state index contributed by atoms with van der Waals surface area (Å²) in [6.45, 7) is 5.53. The lowest BCUT2D eigenvalue weighted by Crippen LogP contribution is -2.41. The van der Waals surface area contributed by atoms with E-state index in [0.29, 0.717) is 48.6 Å². The predicted molar refractivity (Wildman–Crippen MR) is 76.7 cm³/mol. The lowest BCUT2D eigenvalue weighted by atomic mass is 10.1. The van der Waals surface area contributed by atoms with Crippen LogP contribution in [0.1, 0.15) is 33.3 Å². The molecule has 3 rings (SSSR count). The van der Waals surface area contributed by atoms with E-state index in [1.807, 2.05) is 6.07 Å². The first kappa shape index (κ1) is 13.8. The van der Waals surface area contributed by atoms with Crippen molar-refractivity contribution < 1.29 is 14.3 Å². The van der Waals surface area contributed by atoms with Crippen LogP contribution in [0.5, 0.6) is 0 Å². The number of hydrogen-bond acceptors (Lipinski definition) is 4. The fourth-order valence-electron chi connectivity index (χ4n) is 2.82. The molecule has 0 unspecified atom stereocenters. The lowest BCUT2D eigenvalue weighted by Gasteiger charge is -2.26. The molecule has 3 heterocycles. The van der Waals surface area contributed by atoms with Gasteiger partial charge in [-0.2, -0.15) is 5.10 Å². The smallest absolute Gasteiger partial charge is 0.272 e. The molecule has 2 aromatic rings. The van der Waals surface area contributed by atoms with Crippen molar-refractivity contribution in [2.24, 2.45) is 0 Å². The van der Waals surface area contributed by atoms with Crippen LogP contribution in [-0.2, 0) is 4.74 Å². The van der Waals surface area contributed by atoms with E-state index in [9.17, 15) is 9.59 Å².